The van der Waals surface area contributed by atoms with Crippen molar-refractivity contribution in [3.63, 3.8) is 0 Å². The predicted octanol–water partition coefficient (Wildman–Crippen LogP) is 0.243. The molecule has 2 rings (SSSR count). The van der Waals surface area contributed by atoms with Gasteiger partial charge >= 0.3 is 0 Å². The van der Waals surface area contributed by atoms with Crippen LogP contribution in [0.5, 0.6) is 0 Å². The maximum absolute atomic E-state index is 12.2. The third-order valence-electron chi connectivity index (χ3n) is 3.67. The van der Waals surface area contributed by atoms with E-state index in [1.165, 1.54) is 35.5 Å². The molecule has 1 unspecified atom stereocenters. The standard InChI is InChI=1S/C13H19N3O2S/c1-9(16-6-3-2-4-7-16)12(18)15-13-10(11(14)17)5-8-19-13/h5,8-9H,2-4,6-7H2,1H3,(H2,14,17)(H,15,18)/p+1. The van der Waals surface area contributed by atoms with Crippen molar-refractivity contribution in [3.8, 4) is 0 Å². The fourth-order valence-electron chi connectivity index (χ4n) is 2.44. The number of quaternary nitrogens is 1. The highest BCUT2D eigenvalue weighted by Gasteiger charge is 2.27. The second-order valence-electron chi connectivity index (χ2n) is 4.96. The van der Waals surface area contributed by atoms with E-state index in [2.05, 4.69) is 5.32 Å². The Labute approximate surface area is 116 Å². The summed E-state index contributed by atoms with van der Waals surface area (Å²) in [6.45, 7) is 4.02. The van der Waals surface area contributed by atoms with E-state index < -0.39 is 5.91 Å². The zero-order chi connectivity index (χ0) is 13.8. The first kappa shape index (κ1) is 14.0. The number of hydrogen-bond acceptors (Lipinski definition) is 3. The second-order valence-corrected chi connectivity index (χ2v) is 5.87. The van der Waals surface area contributed by atoms with Crippen LogP contribution in [0.1, 0.15) is 36.5 Å². The molecule has 2 amide bonds. The number of rotatable bonds is 4. The van der Waals surface area contributed by atoms with Gasteiger partial charge in [0.15, 0.2) is 6.04 Å². The van der Waals surface area contributed by atoms with Crippen molar-refractivity contribution >= 4 is 28.2 Å². The molecular formula is C13H20N3O2S+. The Morgan fingerprint density at radius 1 is 1.37 bits per heavy atom. The average molecular weight is 282 g/mol. The first-order valence-electron chi connectivity index (χ1n) is 6.62. The summed E-state index contributed by atoms with van der Waals surface area (Å²) in [4.78, 5) is 24.7. The number of thiophene rings is 1. The lowest BCUT2D eigenvalue weighted by molar-refractivity contribution is -0.918. The van der Waals surface area contributed by atoms with Crippen molar-refractivity contribution in [1.82, 2.24) is 0 Å². The van der Waals surface area contributed by atoms with E-state index in [4.69, 9.17) is 5.73 Å². The normalized spacial score (nSPS) is 17.9. The lowest BCUT2D eigenvalue weighted by atomic mass is 10.1. The Hall–Kier alpha value is -1.40. The number of anilines is 1. The van der Waals surface area contributed by atoms with Gasteiger partial charge in [0.2, 0.25) is 0 Å². The Balaban J connectivity index is 1.99. The van der Waals surface area contributed by atoms with E-state index >= 15 is 0 Å². The average Bonchev–Trinajstić information content (AvgIpc) is 2.87. The highest BCUT2D eigenvalue weighted by Crippen LogP contribution is 2.22. The third-order valence-corrected chi connectivity index (χ3v) is 4.50. The van der Waals surface area contributed by atoms with Gasteiger partial charge in [-0.2, -0.15) is 0 Å². The number of carbonyl (C=O) groups is 2. The van der Waals surface area contributed by atoms with E-state index in [1.54, 1.807) is 11.4 Å². The van der Waals surface area contributed by atoms with Gasteiger partial charge in [0.25, 0.3) is 11.8 Å². The zero-order valence-electron chi connectivity index (χ0n) is 11.1. The van der Waals surface area contributed by atoms with Gasteiger partial charge in [-0.15, -0.1) is 11.3 Å². The quantitative estimate of drug-likeness (QED) is 0.740. The number of nitrogens with two attached hydrogens (primary N) is 1. The number of carbonyl (C=O) groups excluding carboxylic acids is 2. The van der Waals surface area contributed by atoms with Crippen molar-refractivity contribution in [2.75, 3.05) is 18.4 Å². The zero-order valence-corrected chi connectivity index (χ0v) is 11.9. The Bertz CT molecular complexity index is 466. The van der Waals surface area contributed by atoms with E-state index in [1.807, 2.05) is 6.92 Å². The molecule has 0 spiro atoms. The summed E-state index contributed by atoms with van der Waals surface area (Å²) >= 11 is 1.33. The van der Waals surface area contributed by atoms with Crippen LogP contribution in [0.4, 0.5) is 5.00 Å². The maximum atomic E-state index is 12.2. The molecule has 1 aliphatic heterocycles. The van der Waals surface area contributed by atoms with Crippen molar-refractivity contribution in [2.24, 2.45) is 5.73 Å². The Kier molecular flexibility index (Phi) is 4.55. The largest absolute Gasteiger partial charge is 0.366 e. The lowest BCUT2D eigenvalue weighted by Crippen LogP contribution is -3.17. The van der Waals surface area contributed by atoms with Crippen molar-refractivity contribution < 1.29 is 14.5 Å². The van der Waals surface area contributed by atoms with E-state index in [0.29, 0.717) is 10.6 Å². The van der Waals surface area contributed by atoms with Gasteiger partial charge in [-0.05, 0) is 37.6 Å². The minimum absolute atomic E-state index is 0.0400. The van der Waals surface area contributed by atoms with Gasteiger partial charge in [-0.25, -0.2) is 0 Å². The van der Waals surface area contributed by atoms with Crippen LogP contribution in [0.15, 0.2) is 11.4 Å². The van der Waals surface area contributed by atoms with E-state index in [0.717, 1.165) is 13.1 Å². The highest BCUT2D eigenvalue weighted by atomic mass is 32.1. The highest BCUT2D eigenvalue weighted by molar-refractivity contribution is 7.14. The maximum Gasteiger partial charge on any atom is 0.282 e. The Morgan fingerprint density at radius 2 is 2.05 bits per heavy atom. The number of primary amides is 1. The van der Waals surface area contributed by atoms with Crippen LogP contribution in [0, 0.1) is 0 Å². The molecular weight excluding hydrogens is 262 g/mol. The van der Waals surface area contributed by atoms with E-state index in [9.17, 15) is 9.59 Å². The summed E-state index contributed by atoms with van der Waals surface area (Å²) in [6.07, 6.45) is 3.62. The van der Waals surface area contributed by atoms with Crippen LogP contribution in [0.2, 0.25) is 0 Å². The summed E-state index contributed by atoms with van der Waals surface area (Å²) in [5.74, 6) is -0.545. The molecule has 19 heavy (non-hydrogen) atoms. The molecule has 0 bridgehead atoms. The number of piperidine rings is 1. The van der Waals surface area contributed by atoms with Gasteiger partial charge in [0, 0.05) is 0 Å². The minimum Gasteiger partial charge on any atom is -0.366 e. The second kappa shape index (κ2) is 6.16. The molecule has 0 radical (unpaired) electrons. The summed E-state index contributed by atoms with van der Waals surface area (Å²) in [5.41, 5.74) is 5.65. The van der Waals surface area contributed by atoms with Crippen LogP contribution in [0.3, 0.4) is 0 Å². The summed E-state index contributed by atoms with van der Waals surface area (Å²) in [7, 11) is 0. The number of nitrogens with one attached hydrogen (secondary N) is 2. The molecule has 5 nitrogen and oxygen atoms in total. The fourth-order valence-corrected chi connectivity index (χ4v) is 3.24. The molecule has 1 saturated heterocycles. The predicted molar refractivity (Wildman–Crippen MR) is 75.5 cm³/mol. The van der Waals surface area contributed by atoms with Crippen molar-refractivity contribution in [2.45, 2.75) is 32.2 Å². The summed E-state index contributed by atoms with van der Waals surface area (Å²) in [6, 6.07) is 1.55. The van der Waals surface area contributed by atoms with Gasteiger partial charge in [0.05, 0.1) is 18.7 Å². The number of amides is 2. The molecule has 0 aromatic carbocycles. The lowest BCUT2D eigenvalue weighted by Gasteiger charge is -2.28. The molecule has 2 heterocycles. The summed E-state index contributed by atoms with van der Waals surface area (Å²) < 4.78 is 0. The van der Waals surface area contributed by atoms with Crippen molar-refractivity contribution in [1.29, 1.82) is 0 Å². The number of likely N-dealkylation sites (tertiary alicyclic amines) is 1. The molecule has 4 N–H and O–H groups in total. The molecule has 1 atom stereocenters. The smallest absolute Gasteiger partial charge is 0.282 e. The van der Waals surface area contributed by atoms with Crippen LogP contribution in [-0.4, -0.2) is 30.9 Å². The monoisotopic (exact) mass is 282 g/mol. The van der Waals surface area contributed by atoms with Crippen LogP contribution in [-0.2, 0) is 4.79 Å². The van der Waals surface area contributed by atoms with Crippen LogP contribution < -0.4 is 16.0 Å². The van der Waals surface area contributed by atoms with Gasteiger partial charge in [-0.1, -0.05) is 0 Å². The van der Waals surface area contributed by atoms with E-state index in [-0.39, 0.29) is 11.9 Å². The topological polar surface area (TPSA) is 76.6 Å². The first-order chi connectivity index (χ1) is 9.09. The molecule has 0 aliphatic carbocycles. The molecule has 1 fully saturated rings. The SMILES string of the molecule is CC(C(=O)Nc1sccc1C(N)=O)[NH+]1CCCCC1. The molecule has 1 aromatic heterocycles. The summed E-state index contributed by atoms with van der Waals surface area (Å²) in [5, 5.41) is 5.14. The molecule has 0 saturated carbocycles. The van der Waals surface area contributed by atoms with Crippen LogP contribution in [0.25, 0.3) is 0 Å². The van der Waals surface area contributed by atoms with Gasteiger partial charge < -0.3 is 16.0 Å². The third kappa shape index (κ3) is 3.33. The first-order valence-corrected chi connectivity index (χ1v) is 7.50. The molecule has 1 aromatic rings. The molecule has 104 valence electrons. The van der Waals surface area contributed by atoms with Gasteiger partial charge in [0.1, 0.15) is 5.00 Å². The number of hydrogen-bond donors (Lipinski definition) is 3. The Morgan fingerprint density at radius 3 is 2.68 bits per heavy atom. The fraction of sp³-hybridized carbons (Fsp3) is 0.538. The van der Waals surface area contributed by atoms with Crippen molar-refractivity contribution in [3.05, 3.63) is 17.0 Å². The minimum atomic E-state index is -0.505. The molecule has 6 heteroatoms. The van der Waals surface area contributed by atoms with Gasteiger partial charge in [-0.3, -0.25) is 9.59 Å². The van der Waals surface area contributed by atoms with Crippen LogP contribution >= 0.6 is 11.3 Å². The molecule has 1 aliphatic rings.